The van der Waals surface area contributed by atoms with Gasteiger partial charge >= 0.3 is 11.4 Å². The number of aromatic nitrogens is 10. The molecule has 31 heteroatoms. The minimum atomic E-state index is -1.23. The van der Waals surface area contributed by atoms with Crippen molar-refractivity contribution < 1.29 is 47.7 Å². The van der Waals surface area contributed by atoms with E-state index in [1.54, 1.807) is 56.1 Å². The SMILES string of the molecule is CN(C[C@H]1CC[C@H](n2cc3cc4c(cc3n2)OCCOCCOc2ccc(OC(C)(C)c3cc5nn([C@H]6CC[C@H](CN(C)C7CCN(c8cccc9c8n(C)c(=O)n9C8CCC(=O)NC8=O)CC7)CC6)cc5cc3NC(=O)c3nccs3)c(n2)C(=O)N4)CC1)C1CCN(c2cccc3c2n(C)c(=O)n3C2CCC(=O)NC2=O)CC1. The lowest BCUT2D eigenvalue weighted by Gasteiger charge is -2.40. The number of imide groups is 2. The average Bonchev–Trinajstić information content (AvgIpc) is 1.68. The van der Waals surface area contributed by atoms with Crippen molar-refractivity contribution in [3.05, 3.63) is 134 Å². The number of rotatable bonds is 17. The number of aryl methyl sites for hydroxylation is 2. The fourth-order valence-electron chi connectivity index (χ4n) is 18.8. The molecule has 0 radical (unpaired) electrons. The number of carbonyl (C=O) groups excluding carboxylic acids is 6. The molecule has 5 aliphatic heterocycles. The number of pyridine rings is 1. The van der Waals surface area contributed by atoms with Crippen molar-refractivity contribution in [2.75, 3.05) is 100 Å². The lowest BCUT2D eigenvalue weighted by molar-refractivity contribution is -0.137. The number of thiazole rings is 1. The van der Waals surface area contributed by atoms with Gasteiger partial charge in [0, 0.05) is 136 Å². The van der Waals surface area contributed by atoms with Crippen LogP contribution in [0.1, 0.15) is 167 Å². The zero-order valence-corrected chi connectivity index (χ0v) is 66.1. The Bertz CT molecular complexity index is 5490. The van der Waals surface area contributed by atoms with E-state index >= 15 is 4.79 Å². The molecule has 6 aromatic heterocycles. The van der Waals surface area contributed by atoms with Crippen LogP contribution < -0.4 is 56.7 Å². The molecule has 4 aromatic carbocycles. The number of nitrogens with zero attached hydrogens (tertiary/aromatic N) is 14. The smallest absolute Gasteiger partial charge is 0.329 e. The normalized spacial score (nSPS) is 22.1. The van der Waals surface area contributed by atoms with E-state index in [0.717, 1.165) is 161 Å². The molecule has 4 saturated heterocycles. The molecule has 6 fully saturated rings. The highest BCUT2D eigenvalue weighted by Crippen LogP contribution is 2.43. The van der Waals surface area contributed by atoms with Crippen molar-refractivity contribution in [3.8, 4) is 17.4 Å². The number of para-hydroxylation sites is 2. The highest BCUT2D eigenvalue weighted by molar-refractivity contribution is 7.11. The van der Waals surface area contributed by atoms with Crippen molar-refractivity contribution in [3.63, 3.8) is 0 Å². The lowest BCUT2D eigenvalue weighted by Crippen LogP contribution is -2.45. The van der Waals surface area contributed by atoms with E-state index < -0.39 is 35.4 Å². The zero-order chi connectivity index (χ0) is 78.8. The van der Waals surface area contributed by atoms with Crippen molar-refractivity contribution in [2.45, 2.75) is 158 Å². The Morgan fingerprint density at radius 1 is 0.614 bits per heavy atom. The highest BCUT2D eigenvalue weighted by Gasteiger charge is 2.39. The molecule has 2 unspecified atom stereocenters. The third-order valence-electron chi connectivity index (χ3n) is 25.0. The summed E-state index contributed by atoms with van der Waals surface area (Å²) in [6.45, 7) is 9.95. The van der Waals surface area contributed by atoms with Gasteiger partial charge in [0.15, 0.2) is 16.5 Å². The number of hydrogen-bond acceptors (Lipinski definition) is 21. The van der Waals surface area contributed by atoms with Crippen LogP contribution in [0.5, 0.6) is 17.4 Å². The number of carbonyl (C=O) groups is 6. The number of benzene rings is 4. The van der Waals surface area contributed by atoms with Gasteiger partial charge in [-0.3, -0.25) is 67.0 Å². The van der Waals surface area contributed by atoms with Crippen LogP contribution in [-0.4, -0.2) is 185 Å². The summed E-state index contributed by atoms with van der Waals surface area (Å²) in [7, 11) is 8.01. The van der Waals surface area contributed by atoms with Crippen molar-refractivity contribution in [1.29, 1.82) is 0 Å². The lowest BCUT2D eigenvalue weighted by atomic mass is 9.85. The third kappa shape index (κ3) is 15.0. The predicted octanol–water partition coefficient (Wildman–Crippen LogP) is 9.77. The molecule has 2 bridgehead atoms. The van der Waals surface area contributed by atoms with Crippen LogP contribution in [0.4, 0.5) is 22.7 Å². The van der Waals surface area contributed by atoms with E-state index in [4.69, 9.17) is 34.1 Å². The molecule has 30 nitrogen and oxygen atoms in total. The number of hydrogen-bond donors (Lipinski definition) is 4. The average molecular weight is 1570 g/mol. The minimum absolute atomic E-state index is 0.0380. The van der Waals surface area contributed by atoms with Crippen LogP contribution in [0.3, 0.4) is 0 Å². The first-order valence-corrected chi connectivity index (χ1v) is 41.1. The minimum Gasteiger partial charge on any atom is -0.489 e. The molecule has 2 saturated carbocycles. The Hall–Kier alpha value is -10.8. The van der Waals surface area contributed by atoms with E-state index in [2.05, 4.69) is 93.8 Å². The van der Waals surface area contributed by atoms with Gasteiger partial charge in [0.25, 0.3) is 11.8 Å². The summed E-state index contributed by atoms with van der Waals surface area (Å²) >= 11 is 1.24. The fourth-order valence-corrected chi connectivity index (χ4v) is 19.4. The Balaban J connectivity index is 0.541. The van der Waals surface area contributed by atoms with Gasteiger partial charge in [0.1, 0.15) is 36.6 Å². The van der Waals surface area contributed by atoms with Crippen LogP contribution in [0.25, 0.3) is 43.9 Å². The summed E-state index contributed by atoms with van der Waals surface area (Å²) in [5.74, 6) is -0.631. The summed E-state index contributed by atoms with van der Waals surface area (Å²) < 4.78 is 35.9. The van der Waals surface area contributed by atoms with Gasteiger partial charge in [-0.1, -0.05) is 12.1 Å². The van der Waals surface area contributed by atoms with Gasteiger partial charge in [-0.05, 0) is 178 Å². The number of ether oxygens (including phenoxy) is 4. The maximum absolute atomic E-state index is 15.1. The summed E-state index contributed by atoms with van der Waals surface area (Å²) in [5.41, 5.74) is 6.10. The molecule has 17 rings (SSSR count). The van der Waals surface area contributed by atoms with E-state index in [-0.39, 0.29) is 111 Å². The number of nitrogens with one attached hydrogen (secondary N) is 4. The Morgan fingerprint density at radius 2 is 1.14 bits per heavy atom. The summed E-state index contributed by atoms with van der Waals surface area (Å²) in [5, 5.41) is 25.2. The molecule has 0 spiro atoms. The summed E-state index contributed by atoms with van der Waals surface area (Å²) in [4.78, 5) is 125. The molecule has 2 aliphatic carbocycles. The molecule has 4 N–H and O–H groups in total. The third-order valence-corrected chi connectivity index (χ3v) is 25.7. The molecule has 10 aromatic rings. The largest absolute Gasteiger partial charge is 0.489 e. The van der Waals surface area contributed by atoms with E-state index in [9.17, 15) is 33.6 Å². The topological polar surface area (TPSA) is 316 Å². The maximum atomic E-state index is 15.1. The molecular weight excluding hydrogens is 1470 g/mol. The zero-order valence-electron chi connectivity index (χ0n) is 65.3. The first-order chi connectivity index (χ1) is 55.1. The fraction of sp³-hybridized carbons (Fsp3) is 0.494. The number of imidazole rings is 2. The van der Waals surface area contributed by atoms with Gasteiger partial charge in [-0.15, -0.1) is 11.3 Å². The maximum Gasteiger partial charge on any atom is 0.329 e. The van der Waals surface area contributed by atoms with E-state index in [1.807, 2.05) is 62.4 Å². The molecule has 6 amide bonds. The molecule has 114 heavy (non-hydrogen) atoms. The number of amides is 6. The number of fused-ring (bicyclic) bond motifs is 7. The highest BCUT2D eigenvalue weighted by atomic mass is 32.1. The van der Waals surface area contributed by atoms with Gasteiger partial charge < -0.3 is 49.2 Å². The first kappa shape index (κ1) is 75.9. The molecule has 11 heterocycles. The number of anilines is 4. The van der Waals surface area contributed by atoms with Crippen LogP contribution in [0, 0.1) is 11.8 Å². The van der Waals surface area contributed by atoms with Crippen molar-refractivity contribution >= 4 is 113 Å². The first-order valence-electron chi connectivity index (χ1n) is 40.2. The van der Waals surface area contributed by atoms with Gasteiger partial charge in [0.05, 0.1) is 75.5 Å². The monoisotopic (exact) mass is 1570 g/mol. The molecule has 2 atom stereocenters. The molecular formula is C83H98N18O12S. The van der Waals surface area contributed by atoms with E-state index in [1.165, 1.54) is 11.3 Å². The Labute approximate surface area is 662 Å². The second-order valence-corrected chi connectivity index (χ2v) is 33.5. The van der Waals surface area contributed by atoms with Crippen LogP contribution in [0.2, 0.25) is 0 Å². The number of piperidine rings is 4. The van der Waals surface area contributed by atoms with Crippen molar-refractivity contribution in [1.82, 2.24) is 68.2 Å². The van der Waals surface area contributed by atoms with Crippen LogP contribution >= 0.6 is 11.3 Å². The van der Waals surface area contributed by atoms with Crippen LogP contribution in [-0.2, 0) is 43.6 Å². The summed E-state index contributed by atoms with van der Waals surface area (Å²) in [6.07, 6.45) is 18.5. The quantitative estimate of drug-likeness (QED) is 0.0616. The Kier molecular flexibility index (Phi) is 21.0. The van der Waals surface area contributed by atoms with Crippen LogP contribution in [0.15, 0.2) is 106 Å². The second kappa shape index (κ2) is 31.6. The van der Waals surface area contributed by atoms with Gasteiger partial charge in [-0.2, -0.15) is 10.2 Å². The van der Waals surface area contributed by atoms with Crippen molar-refractivity contribution in [2.24, 2.45) is 25.9 Å². The molecule has 598 valence electrons. The summed E-state index contributed by atoms with van der Waals surface area (Å²) in [6, 6.07) is 22.5. The standard InChI is InChI=1S/C83H98N18O12S/c1-83(2,57-43-58-51(41-60(57)85-79(107)80-84-31-40-114-80)47-98(90-58)55-17-13-49(14-18-55)45-92(3)53-27-32-96(33-28-53)62-9-7-11-64-74(62)94(5)81(108)100(64)66-21-24-70(102)87-76(66)104)113-68-23-26-72-89-73(68)78(106)86-61-42-52-48-99(91-59(52)44-69(61)111-38-36-110-37-39-112-72)56-19-15-50(16-20-56)46-93(4)54-29-34-97(35-30-54)63-10-8-12-65-75(63)95(6)82(109)101(65)67-22-25-71(103)88-77(67)105/h7-12,23,26,31,40-44,47-50,53-56,66-67H,13-22,24-25,27-30,32-39,45-46H2,1-6H3,(H,85,107)(H,86,106)(H,87,102,104)(H,88,103,105)/t49-,50-,55-,56-,66?,67?. The Morgan fingerprint density at radius 3 is 1.67 bits per heavy atom. The molecule has 7 aliphatic rings. The predicted molar refractivity (Wildman–Crippen MR) is 432 cm³/mol. The van der Waals surface area contributed by atoms with Gasteiger partial charge in [-0.25, -0.2) is 19.6 Å². The van der Waals surface area contributed by atoms with Gasteiger partial charge in [0.2, 0.25) is 29.5 Å². The van der Waals surface area contributed by atoms with E-state index in [0.29, 0.717) is 62.6 Å². The second-order valence-electron chi connectivity index (χ2n) is 32.6.